The maximum atomic E-state index is 12.0. The van der Waals surface area contributed by atoms with Crippen LogP contribution in [0, 0.1) is 0 Å². The lowest BCUT2D eigenvalue weighted by atomic mass is 10.2. The van der Waals surface area contributed by atoms with E-state index in [1.807, 2.05) is 19.9 Å². The second kappa shape index (κ2) is 8.01. The van der Waals surface area contributed by atoms with Crippen molar-refractivity contribution in [2.24, 2.45) is 0 Å². The first kappa shape index (κ1) is 17.9. The molecule has 0 radical (unpaired) electrons. The molecule has 0 aliphatic carbocycles. The number of rotatable bonds is 6. The molecule has 3 aromatic rings. The summed E-state index contributed by atoms with van der Waals surface area (Å²) in [5, 5.41) is 7.23. The molecule has 3 rings (SSSR count). The topological polar surface area (TPSA) is 77.2 Å². The number of amides is 1. The molecular weight excluding hydrogens is 354 g/mol. The number of ether oxygens (including phenoxy) is 1. The number of aromatic nitrogens is 2. The lowest BCUT2D eigenvalue weighted by molar-refractivity contribution is -0.118. The monoisotopic (exact) mass is 371 g/mol. The minimum Gasteiger partial charge on any atom is -0.484 e. The fraction of sp³-hybridized carbons (Fsp3) is 0.211. The van der Waals surface area contributed by atoms with E-state index in [0.717, 1.165) is 5.56 Å². The molecule has 2 aromatic carbocycles. The standard InChI is InChI=1S/C19H18ClN3O3/c1-12(2)18-22-19(26-23-18)13-5-3-8-16(9-13)25-11-17(24)21-15-7-4-6-14(20)10-15/h3-10,12H,11H2,1-2H3,(H,21,24). The summed E-state index contributed by atoms with van der Waals surface area (Å²) in [4.78, 5) is 16.4. The van der Waals surface area contributed by atoms with Gasteiger partial charge in [-0.05, 0) is 36.4 Å². The van der Waals surface area contributed by atoms with E-state index in [0.29, 0.717) is 28.2 Å². The van der Waals surface area contributed by atoms with Crippen LogP contribution in [0.4, 0.5) is 5.69 Å². The van der Waals surface area contributed by atoms with Crippen LogP contribution in [0.3, 0.4) is 0 Å². The Labute approximate surface area is 156 Å². The molecule has 1 aromatic heterocycles. The van der Waals surface area contributed by atoms with Crippen molar-refractivity contribution in [3.05, 3.63) is 59.4 Å². The minimum absolute atomic E-state index is 0.128. The quantitative estimate of drug-likeness (QED) is 0.688. The van der Waals surface area contributed by atoms with Gasteiger partial charge in [0.2, 0.25) is 0 Å². The molecule has 0 saturated heterocycles. The van der Waals surface area contributed by atoms with Crippen LogP contribution in [0.15, 0.2) is 53.1 Å². The number of nitrogens with one attached hydrogen (secondary N) is 1. The molecule has 0 unspecified atom stereocenters. The zero-order chi connectivity index (χ0) is 18.5. The predicted molar refractivity (Wildman–Crippen MR) is 99.4 cm³/mol. The van der Waals surface area contributed by atoms with Crippen molar-refractivity contribution >= 4 is 23.2 Å². The van der Waals surface area contributed by atoms with Gasteiger partial charge in [0.25, 0.3) is 11.8 Å². The number of carbonyl (C=O) groups excluding carboxylic acids is 1. The largest absolute Gasteiger partial charge is 0.484 e. The molecule has 0 atom stereocenters. The van der Waals surface area contributed by atoms with Gasteiger partial charge >= 0.3 is 0 Å². The van der Waals surface area contributed by atoms with Crippen molar-refractivity contribution in [2.75, 3.05) is 11.9 Å². The van der Waals surface area contributed by atoms with Crippen molar-refractivity contribution in [1.82, 2.24) is 10.1 Å². The molecule has 1 N–H and O–H groups in total. The smallest absolute Gasteiger partial charge is 0.262 e. The van der Waals surface area contributed by atoms with Gasteiger partial charge in [0.1, 0.15) is 5.75 Å². The Bertz CT molecular complexity index is 908. The van der Waals surface area contributed by atoms with Gasteiger partial charge in [-0.15, -0.1) is 0 Å². The van der Waals surface area contributed by atoms with Crippen LogP contribution >= 0.6 is 11.6 Å². The summed E-state index contributed by atoms with van der Waals surface area (Å²) in [6.07, 6.45) is 0. The SMILES string of the molecule is CC(C)c1noc(-c2cccc(OCC(=O)Nc3cccc(Cl)c3)c2)n1. The average Bonchev–Trinajstić information content (AvgIpc) is 3.11. The lowest BCUT2D eigenvalue weighted by Crippen LogP contribution is -2.20. The van der Waals surface area contributed by atoms with E-state index >= 15 is 0 Å². The van der Waals surface area contributed by atoms with Crippen LogP contribution in [0.25, 0.3) is 11.5 Å². The van der Waals surface area contributed by atoms with E-state index in [1.165, 1.54) is 0 Å². The van der Waals surface area contributed by atoms with Crippen molar-refractivity contribution < 1.29 is 14.1 Å². The highest BCUT2D eigenvalue weighted by atomic mass is 35.5. The van der Waals surface area contributed by atoms with Gasteiger partial charge in [0.05, 0.1) is 0 Å². The zero-order valence-electron chi connectivity index (χ0n) is 14.4. The molecule has 1 heterocycles. The van der Waals surface area contributed by atoms with Crippen LogP contribution in [0.2, 0.25) is 5.02 Å². The second-order valence-corrected chi connectivity index (χ2v) is 6.42. The van der Waals surface area contributed by atoms with Crippen molar-refractivity contribution in [2.45, 2.75) is 19.8 Å². The maximum absolute atomic E-state index is 12.0. The van der Waals surface area contributed by atoms with E-state index in [1.54, 1.807) is 42.5 Å². The molecular formula is C19H18ClN3O3. The molecule has 0 aliphatic rings. The fourth-order valence-electron chi connectivity index (χ4n) is 2.22. The van der Waals surface area contributed by atoms with Gasteiger partial charge in [-0.1, -0.05) is 42.7 Å². The summed E-state index contributed by atoms with van der Waals surface area (Å²) in [6, 6.07) is 14.1. The lowest BCUT2D eigenvalue weighted by Gasteiger charge is -2.08. The van der Waals surface area contributed by atoms with Gasteiger partial charge in [-0.3, -0.25) is 4.79 Å². The Balaban J connectivity index is 1.62. The summed E-state index contributed by atoms with van der Waals surface area (Å²) >= 11 is 5.90. The van der Waals surface area contributed by atoms with Crippen LogP contribution in [0.1, 0.15) is 25.6 Å². The van der Waals surface area contributed by atoms with Crippen molar-refractivity contribution in [1.29, 1.82) is 0 Å². The first-order valence-corrected chi connectivity index (χ1v) is 8.51. The van der Waals surface area contributed by atoms with Gasteiger partial charge in [0.15, 0.2) is 12.4 Å². The second-order valence-electron chi connectivity index (χ2n) is 5.99. The highest BCUT2D eigenvalue weighted by molar-refractivity contribution is 6.30. The molecule has 1 amide bonds. The summed E-state index contributed by atoms with van der Waals surface area (Å²) < 4.78 is 10.8. The number of hydrogen-bond donors (Lipinski definition) is 1. The highest BCUT2D eigenvalue weighted by Gasteiger charge is 2.12. The Morgan fingerprint density at radius 1 is 1.23 bits per heavy atom. The first-order valence-electron chi connectivity index (χ1n) is 8.13. The van der Waals surface area contributed by atoms with Crippen LogP contribution in [-0.2, 0) is 4.79 Å². The number of hydrogen-bond acceptors (Lipinski definition) is 5. The van der Waals surface area contributed by atoms with E-state index in [4.69, 9.17) is 20.9 Å². The normalized spacial score (nSPS) is 10.8. The number of nitrogens with zero attached hydrogens (tertiary/aromatic N) is 2. The minimum atomic E-state index is -0.280. The molecule has 134 valence electrons. The van der Waals surface area contributed by atoms with Gasteiger partial charge in [0, 0.05) is 22.2 Å². The van der Waals surface area contributed by atoms with E-state index < -0.39 is 0 Å². The van der Waals surface area contributed by atoms with Gasteiger partial charge in [-0.25, -0.2) is 0 Å². The summed E-state index contributed by atoms with van der Waals surface area (Å²) in [5.41, 5.74) is 1.35. The Hall–Kier alpha value is -2.86. The fourth-order valence-corrected chi connectivity index (χ4v) is 2.41. The van der Waals surface area contributed by atoms with Crippen LogP contribution in [0.5, 0.6) is 5.75 Å². The maximum Gasteiger partial charge on any atom is 0.262 e. The zero-order valence-corrected chi connectivity index (χ0v) is 15.2. The third-order valence-electron chi connectivity index (χ3n) is 3.52. The number of benzene rings is 2. The molecule has 26 heavy (non-hydrogen) atoms. The van der Waals surface area contributed by atoms with E-state index in [9.17, 15) is 4.79 Å². The molecule has 0 saturated carbocycles. The molecule has 0 bridgehead atoms. The molecule has 0 fully saturated rings. The summed E-state index contributed by atoms with van der Waals surface area (Å²) in [6.45, 7) is 3.86. The van der Waals surface area contributed by atoms with E-state index in [2.05, 4.69) is 15.5 Å². The van der Waals surface area contributed by atoms with Crippen molar-refractivity contribution in [3.8, 4) is 17.2 Å². The molecule has 6 nitrogen and oxygen atoms in total. The number of halogens is 1. The Kier molecular flexibility index (Phi) is 5.53. The third-order valence-corrected chi connectivity index (χ3v) is 3.75. The number of anilines is 1. The van der Waals surface area contributed by atoms with Crippen LogP contribution in [-0.4, -0.2) is 22.7 Å². The summed E-state index contributed by atoms with van der Waals surface area (Å²) in [7, 11) is 0. The molecule has 7 heteroatoms. The van der Waals surface area contributed by atoms with Crippen LogP contribution < -0.4 is 10.1 Å². The Morgan fingerprint density at radius 2 is 2.04 bits per heavy atom. The van der Waals surface area contributed by atoms with Gasteiger partial charge < -0.3 is 14.6 Å². The Morgan fingerprint density at radius 3 is 2.77 bits per heavy atom. The number of carbonyl (C=O) groups is 1. The summed E-state index contributed by atoms with van der Waals surface area (Å²) in [5.74, 6) is 1.50. The predicted octanol–water partition coefficient (Wildman–Crippen LogP) is 4.53. The third kappa shape index (κ3) is 4.61. The van der Waals surface area contributed by atoms with Gasteiger partial charge in [-0.2, -0.15) is 4.98 Å². The van der Waals surface area contributed by atoms with Crippen molar-refractivity contribution in [3.63, 3.8) is 0 Å². The van der Waals surface area contributed by atoms with E-state index in [-0.39, 0.29) is 18.4 Å². The first-order chi connectivity index (χ1) is 12.5. The highest BCUT2D eigenvalue weighted by Crippen LogP contribution is 2.24. The molecule has 0 aliphatic heterocycles. The average molecular weight is 372 g/mol. The molecule has 0 spiro atoms.